The zero-order valence-corrected chi connectivity index (χ0v) is 13.4. The Labute approximate surface area is 133 Å². The van der Waals surface area contributed by atoms with Gasteiger partial charge in [0.2, 0.25) is 9.84 Å². The van der Waals surface area contributed by atoms with Gasteiger partial charge < -0.3 is 9.52 Å². The van der Waals surface area contributed by atoms with Crippen LogP contribution in [0.15, 0.2) is 72.0 Å². The maximum Gasteiger partial charge on any atom is 0.355 e. The zero-order chi connectivity index (χ0) is 15.9. The highest BCUT2D eigenvalue weighted by atomic mass is 79.9. The molecule has 0 fully saturated rings. The molecule has 0 atom stereocenters. The Morgan fingerprint density at radius 2 is 1.68 bits per heavy atom. The van der Waals surface area contributed by atoms with E-state index in [0.29, 0.717) is 5.39 Å². The summed E-state index contributed by atoms with van der Waals surface area (Å²) in [4.78, 5) is 11.6. The van der Waals surface area contributed by atoms with Gasteiger partial charge in [-0.15, -0.1) is 0 Å². The van der Waals surface area contributed by atoms with Crippen LogP contribution in [0.25, 0.3) is 11.0 Å². The van der Waals surface area contributed by atoms with Crippen molar-refractivity contribution in [2.24, 2.45) is 0 Å². The molecule has 22 heavy (non-hydrogen) atoms. The Morgan fingerprint density at radius 3 is 2.36 bits per heavy atom. The molecule has 7 heteroatoms. The number of phenolic OH excluding ortho intramolecular Hbond substituents is 1. The molecule has 1 heterocycles. The van der Waals surface area contributed by atoms with Crippen molar-refractivity contribution in [3.63, 3.8) is 0 Å². The highest BCUT2D eigenvalue weighted by molar-refractivity contribution is 9.10. The number of halogens is 1. The molecule has 0 amide bonds. The third-order valence-corrected chi connectivity index (χ3v) is 5.39. The number of hydrogen-bond acceptors (Lipinski definition) is 5. The summed E-state index contributed by atoms with van der Waals surface area (Å²) in [5.74, 6) is -0.0702. The van der Waals surface area contributed by atoms with E-state index in [9.17, 15) is 18.3 Å². The van der Waals surface area contributed by atoms with Gasteiger partial charge in [0.25, 0.3) is 0 Å². The van der Waals surface area contributed by atoms with E-state index in [1.807, 2.05) is 0 Å². The lowest BCUT2D eigenvalue weighted by Gasteiger charge is -2.05. The Morgan fingerprint density at radius 1 is 1.00 bits per heavy atom. The molecular formula is C15H9BrO5S. The minimum atomic E-state index is -3.98. The van der Waals surface area contributed by atoms with Gasteiger partial charge in [0.15, 0.2) is 4.90 Å². The topological polar surface area (TPSA) is 84.6 Å². The standard InChI is InChI=1S/C15H9BrO5S/c16-10-2-5-12(6-3-10)22(19,20)14-7-9-1-4-11(17)8-13(9)21-15(14)18/h1-8,17H. The van der Waals surface area contributed by atoms with Crippen LogP contribution in [0.2, 0.25) is 0 Å². The Kier molecular flexibility index (Phi) is 3.54. The number of fused-ring (bicyclic) bond motifs is 1. The van der Waals surface area contributed by atoms with E-state index in [4.69, 9.17) is 4.42 Å². The van der Waals surface area contributed by atoms with Crippen molar-refractivity contribution in [1.82, 2.24) is 0 Å². The van der Waals surface area contributed by atoms with E-state index in [0.717, 1.165) is 4.47 Å². The molecule has 0 saturated carbocycles. The van der Waals surface area contributed by atoms with Crippen LogP contribution in [0.4, 0.5) is 0 Å². The van der Waals surface area contributed by atoms with Crippen molar-refractivity contribution in [2.45, 2.75) is 9.79 Å². The van der Waals surface area contributed by atoms with Crippen LogP contribution >= 0.6 is 15.9 Å². The minimum absolute atomic E-state index is 0.00104. The average Bonchev–Trinajstić information content (AvgIpc) is 2.46. The van der Waals surface area contributed by atoms with Gasteiger partial charge in [-0.3, -0.25) is 0 Å². The third kappa shape index (κ3) is 2.53. The van der Waals surface area contributed by atoms with E-state index < -0.39 is 20.4 Å². The highest BCUT2D eigenvalue weighted by Crippen LogP contribution is 2.25. The maximum atomic E-state index is 12.6. The van der Waals surface area contributed by atoms with Gasteiger partial charge >= 0.3 is 5.63 Å². The predicted molar refractivity (Wildman–Crippen MR) is 83.7 cm³/mol. The second kappa shape index (κ2) is 5.26. The summed E-state index contributed by atoms with van der Waals surface area (Å²) in [7, 11) is -3.98. The van der Waals surface area contributed by atoms with E-state index in [-0.39, 0.29) is 16.2 Å². The number of rotatable bonds is 2. The second-order valence-electron chi connectivity index (χ2n) is 4.58. The first-order valence-electron chi connectivity index (χ1n) is 6.15. The molecule has 0 bridgehead atoms. The van der Waals surface area contributed by atoms with Crippen LogP contribution in [-0.2, 0) is 9.84 Å². The molecule has 0 unspecified atom stereocenters. The van der Waals surface area contributed by atoms with Crippen LogP contribution in [0, 0.1) is 0 Å². The molecule has 3 aromatic rings. The van der Waals surface area contributed by atoms with E-state index in [2.05, 4.69) is 15.9 Å². The Bertz CT molecular complexity index is 1020. The molecule has 5 nitrogen and oxygen atoms in total. The van der Waals surface area contributed by atoms with E-state index >= 15 is 0 Å². The molecule has 1 aromatic heterocycles. The van der Waals surface area contributed by atoms with Crippen molar-refractivity contribution in [3.05, 3.63) is 63.4 Å². The smallest absolute Gasteiger partial charge is 0.355 e. The first-order chi connectivity index (χ1) is 10.4. The SMILES string of the molecule is O=c1oc2cc(O)ccc2cc1S(=O)(=O)c1ccc(Br)cc1. The molecule has 0 aliphatic heterocycles. The van der Waals surface area contributed by atoms with Crippen LogP contribution in [-0.4, -0.2) is 13.5 Å². The number of hydrogen-bond donors (Lipinski definition) is 1. The van der Waals surface area contributed by atoms with Gasteiger partial charge in [0.05, 0.1) is 4.90 Å². The molecule has 2 aromatic carbocycles. The molecule has 1 N–H and O–H groups in total. The van der Waals surface area contributed by atoms with Crippen LogP contribution < -0.4 is 5.63 Å². The quantitative estimate of drug-likeness (QED) is 0.690. The van der Waals surface area contributed by atoms with Crippen molar-refractivity contribution in [2.75, 3.05) is 0 Å². The number of aromatic hydroxyl groups is 1. The normalized spacial score (nSPS) is 11.7. The summed E-state index contributed by atoms with van der Waals surface area (Å²) >= 11 is 3.22. The first-order valence-corrected chi connectivity index (χ1v) is 8.43. The number of phenols is 1. The fourth-order valence-corrected chi connectivity index (χ4v) is 3.56. The van der Waals surface area contributed by atoms with Crippen molar-refractivity contribution in [3.8, 4) is 5.75 Å². The Balaban J connectivity index is 2.25. The molecular weight excluding hydrogens is 372 g/mol. The van der Waals surface area contributed by atoms with E-state index in [1.165, 1.54) is 36.4 Å². The summed E-state index contributed by atoms with van der Waals surface area (Å²) in [6, 6.07) is 11.3. The highest BCUT2D eigenvalue weighted by Gasteiger charge is 2.23. The minimum Gasteiger partial charge on any atom is -0.508 e. The van der Waals surface area contributed by atoms with Gasteiger partial charge in [-0.1, -0.05) is 15.9 Å². The van der Waals surface area contributed by atoms with Gasteiger partial charge in [-0.25, -0.2) is 13.2 Å². The lowest BCUT2D eigenvalue weighted by molar-refractivity contribution is 0.472. The molecule has 0 aliphatic rings. The maximum absolute atomic E-state index is 12.6. The molecule has 0 radical (unpaired) electrons. The summed E-state index contributed by atoms with van der Waals surface area (Å²) in [5, 5.41) is 9.78. The van der Waals surface area contributed by atoms with E-state index in [1.54, 1.807) is 12.1 Å². The monoisotopic (exact) mass is 380 g/mol. The van der Waals surface area contributed by atoms with Crippen LogP contribution in [0.1, 0.15) is 0 Å². The summed E-state index contributed by atoms with van der Waals surface area (Å²) < 4.78 is 30.8. The largest absolute Gasteiger partial charge is 0.508 e. The van der Waals surface area contributed by atoms with Gasteiger partial charge in [-0.2, -0.15) is 0 Å². The average molecular weight is 381 g/mol. The fourth-order valence-electron chi connectivity index (χ4n) is 2.01. The lowest BCUT2D eigenvalue weighted by Crippen LogP contribution is -2.14. The fraction of sp³-hybridized carbons (Fsp3) is 0. The molecule has 0 saturated heterocycles. The van der Waals surface area contributed by atoms with Crippen molar-refractivity contribution < 1.29 is 17.9 Å². The Hall–Kier alpha value is -2.12. The molecule has 3 rings (SSSR count). The molecule has 112 valence electrons. The molecule has 0 aliphatic carbocycles. The first kappa shape index (κ1) is 14.8. The van der Waals surface area contributed by atoms with Gasteiger partial charge in [-0.05, 0) is 42.5 Å². The van der Waals surface area contributed by atoms with Crippen molar-refractivity contribution in [1.29, 1.82) is 0 Å². The number of sulfone groups is 1. The summed E-state index contributed by atoms with van der Waals surface area (Å²) in [5.41, 5.74) is -0.847. The van der Waals surface area contributed by atoms with Crippen LogP contribution in [0.5, 0.6) is 5.75 Å². The lowest BCUT2D eigenvalue weighted by atomic mass is 10.2. The molecule has 0 spiro atoms. The summed E-state index contributed by atoms with van der Waals surface area (Å²) in [6.07, 6.45) is 0. The summed E-state index contributed by atoms with van der Waals surface area (Å²) in [6.45, 7) is 0. The second-order valence-corrected chi connectivity index (χ2v) is 7.41. The predicted octanol–water partition coefficient (Wildman–Crippen LogP) is 3.09. The third-order valence-electron chi connectivity index (χ3n) is 3.10. The van der Waals surface area contributed by atoms with Gasteiger partial charge in [0.1, 0.15) is 11.3 Å². The zero-order valence-electron chi connectivity index (χ0n) is 11.0. The van der Waals surface area contributed by atoms with Crippen molar-refractivity contribution >= 4 is 36.7 Å². The number of benzene rings is 2. The van der Waals surface area contributed by atoms with Gasteiger partial charge in [0, 0.05) is 15.9 Å². The van der Waals surface area contributed by atoms with Crippen LogP contribution in [0.3, 0.4) is 0 Å².